The number of rotatable bonds is 3. The van der Waals surface area contributed by atoms with E-state index in [1.54, 1.807) is 0 Å². The Morgan fingerprint density at radius 1 is 1.00 bits per heavy atom. The van der Waals surface area contributed by atoms with Gasteiger partial charge in [0.15, 0.2) is 0 Å². The summed E-state index contributed by atoms with van der Waals surface area (Å²) in [5.74, 6) is 2.59. The van der Waals surface area contributed by atoms with E-state index >= 15 is 0 Å². The third kappa shape index (κ3) is 3.48. The first-order valence-corrected chi connectivity index (χ1v) is 8.16. The van der Waals surface area contributed by atoms with E-state index in [2.05, 4.69) is 18.7 Å². The highest BCUT2D eigenvalue weighted by atomic mass is 15.2. The lowest BCUT2D eigenvalue weighted by Gasteiger charge is -2.39. The molecule has 106 valence electrons. The molecule has 0 radical (unpaired) electrons. The molecule has 2 rings (SSSR count). The number of hydrogen-bond acceptors (Lipinski definition) is 2. The van der Waals surface area contributed by atoms with Crippen LogP contribution in [0.15, 0.2) is 0 Å². The molecule has 0 aromatic heterocycles. The van der Waals surface area contributed by atoms with Gasteiger partial charge < -0.3 is 10.6 Å². The van der Waals surface area contributed by atoms with Crippen molar-refractivity contribution in [1.82, 2.24) is 4.90 Å². The highest BCUT2D eigenvalue weighted by molar-refractivity contribution is 4.86. The average molecular weight is 252 g/mol. The van der Waals surface area contributed by atoms with Crippen molar-refractivity contribution in [3.8, 4) is 0 Å². The van der Waals surface area contributed by atoms with Gasteiger partial charge in [-0.05, 0) is 69.5 Å². The van der Waals surface area contributed by atoms with Crippen LogP contribution < -0.4 is 5.73 Å². The molecule has 3 unspecified atom stereocenters. The van der Waals surface area contributed by atoms with Crippen LogP contribution in [-0.2, 0) is 0 Å². The van der Waals surface area contributed by atoms with E-state index in [1.165, 1.54) is 58.0 Å². The van der Waals surface area contributed by atoms with E-state index in [0.29, 0.717) is 0 Å². The molecule has 2 nitrogen and oxygen atoms in total. The molecule has 2 fully saturated rings. The highest BCUT2D eigenvalue weighted by Crippen LogP contribution is 2.31. The maximum absolute atomic E-state index is 5.99. The van der Waals surface area contributed by atoms with Gasteiger partial charge in [0.25, 0.3) is 0 Å². The molecule has 1 saturated carbocycles. The molecule has 0 amide bonds. The summed E-state index contributed by atoms with van der Waals surface area (Å²) in [4.78, 5) is 2.79. The minimum Gasteiger partial charge on any atom is -0.330 e. The Labute approximate surface area is 113 Å². The molecule has 1 aliphatic carbocycles. The first-order valence-electron chi connectivity index (χ1n) is 8.16. The first-order chi connectivity index (χ1) is 8.72. The van der Waals surface area contributed by atoms with Gasteiger partial charge in [0.05, 0.1) is 0 Å². The summed E-state index contributed by atoms with van der Waals surface area (Å²) in [7, 11) is 0. The largest absolute Gasteiger partial charge is 0.330 e. The molecule has 1 aliphatic heterocycles. The Morgan fingerprint density at radius 2 is 1.78 bits per heavy atom. The molecule has 2 N–H and O–H groups in total. The first kappa shape index (κ1) is 14.3. The summed E-state index contributed by atoms with van der Waals surface area (Å²) in [6, 6.07) is 0.801. The standard InChI is InChI=1S/C16H32N2/c1-13(2)14-7-5-10-18(11-9-14)16-8-4-3-6-15(16)12-17/h13-16H,3-12,17H2,1-2H3. The molecule has 1 saturated heterocycles. The van der Waals surface area contributed by atoms with Gasteiger partial charge in [-0.15, -0.1) is 0 Å². The smallest absolute Gasteiger partial charge is 0.0135 e. The second-order valence-corrected chi connectivity index (χ2v) is 6.82. The van der Waals surface area contributed by atoms with Gasteiger partial charge in [0, 0.05) is 6.04 Å². The second kappa shape index (κ2) is 6.91. The number of hydrogen-bond donors (Lipinski definition) is 1. The number of likely N-dealkylation sites (tertiary alicyclic amines) is 1. The van der Waals surface area contributed by atoms with Crippen LogP contribution in [0.4, 0.5) is 0 Å². The number of nitrogens with two attached hydrogens (primary N) is 1. The van der Waals surface area contributed by atoms with Crippen molar-refractivity contribution in [2.75, 3.05) is 19.6 Å². The Bertz CT molecular complexity index is 239. The van der Waals surface area contributed by atoms with Gasteiger partial charge in [0.1, 0.15) is 0 Å². The SMILES string of the molecule is CC(C)C1CCCN(C2CCCCC2CN)CC1. The Balaban J connectivity index is 1.91. The normalized spacial score (nSPS) is 35.7. The molecular formula is C16H32N2. The highest BCUT2D eigenvalue weighted by Gasteiger charge is 2.30. The lowest BCUT2D eigenvalue weighted by atomic mass is 9.83. The van der Waals surface area contributed by atoms with Crippen LogP contribution in [0.5, 0.6) is 0 Å². The molecule has 18 heavy (non-hydrogen) atoms. The molecule has 2 heteroatoms. The monoisotopic (exact) mass is 252 g/mol. The lowest BCUT2D eigenvalue weighted by molar-refractivity contribution is 0.108. The fraction of sp³-hybridized carbons (Fsp3) is 1.00. The third-order valence-corrected chi connectivity index (χ3v) is 5.39. The zero-order chi connectivity index (χ0) is 13.0. The van der Waals surface area contributed by atoms with Crippen LogP contribution >= 0.6 is 0 Å². The van der Waals surface area contributed by atoms with Crippen molar-refractivity contribution in [3.63, 3.8) is 0 Å². The summed E-state index contributed by atoms with van der Waals surface area (Å²) in [5.41, 5.74) is 5.99. The Morgan fingerprint density at radius 3 is 2.50 bits per heavy atom. The van der Waals surface area contributed by atoms with Crippen molar-refractivity contribution < 1.29 is 0 Å². The van der Waals surface area contributed by atoms with Crippen molar-refractivity contribution in [2.24, 2.45) is 23.5 Å². The summed E-state index contributed by atoms with van der Waals surface area (Å²) >= 11 is 0. The quantitative estimate of drug-likeness (QED) is 0.835. The minimum absolute atomic E-state index is 0.773. The molecule has 3 atom stereocenters. The third-order valence-electron chi connectivity index (χ3n) is 5.39. The Hall–Kier alpha value is -0.0800. The van der Waals surface area contributed by atoms with Gasteiger partial charge >= 0.3 is 0 Å². The van der Waals surface area contributed by atoms with E-state index in [9.17, 15) is 0 Å². The van der Waals surface area contributed by atoms with Gasteiger partial charge in [0.2, 0.25) is 0 Å². The molecule has 1 heterocycles. The minimum atomic E-state index is 0.773. The summed E-state index contributed by atoms with van der Waals surface area (Å²) in [6.07, 6.45) is 9.84. The lowest BCUT2D eigenvalue weighted by Crippen LogP contribution is -2.45. The zero-order valence-electron chi connectivity index (χ0n) is 12.4. The molecule has 0 spiro atoms. The maximum atomic E-state index is 5.99. The maximum Gasteiger partial charge on any atom is 0.0135 e. The summed E-state index contributed by atoms with van der Waals surface area (Å²) in [6.45, 7) is 8.33. The molecule has 0 aromatic rings. The number of nitrogens with zero attached hydrogens (tertiary/aromatic N) is 1. The van der Waals surface area contributed by atoms with Crippen molar-refractivity contribution in [1.29, 1.82) is 0 Å². The van der Waals surface area contributed by atoms with Gasteiger partial charge in [-0.3, -0.25) is 0 Å². The molecule has 2 aliphatic rings. The van der Waals surface area contributed by atoms with Crippen LogP contribution in [0.25, 0.3) is 0 Å². The van der Waals surface area contributed by atoms with Gasteiger partial charge in [-0.2, -0.15) is 0 Å². The van der Waals surface area contributed by atoms with Crippen molar-refractivity contribution in [2.45, 2.75) is 64.8 Å². The van der Waals surface area contributed by atoms with Crippen molar-refractivity contribution >= 4 is 0 Å². The topological polar surface area (TPSA) is 29.3 Å². The van der Waals surface area contributed by atoms with E-state index in [4.69, 9.17) is 5.73 Å². The molecular weight excluding hydrogens is 220 g/mol. The van der Waals surface area contributed by atoms with E-state index in [0.717, 1.165) is 30.3 Å². The van der Waals surface area contributed by atoms with E-state index < -0.39 is 0 Å². The predicted molar refractivity (Wildman–Crippen MR) is 78.6 cm³/mol. The predicted octanol–water partition coefficient (Wildman–Crippen LogP) is 3.26. The fourth-order valence-corrected chi connectivity index (χ4v) is 4.09. The fourth-order valence-electron chi connectivity index (χ4n) is 4.09. The van der Waals surface area contributed by atoms with Crippen LogP contribution in [0.3, 0.4) is 0 Å². The molecule has 0 aromatic carbocycles. The van der Waals surface area contributed by atoms with Gasteiger partial charge in [-0.25, -0.2) is 0 Å². The zero-order valence-corrected chi connectivity index (χ0v) is 12.4. The van der Waals surface area contributed by atoms with Gasteiger partial charge in [-0.1, -0.05) is 26.7 Å². The summed E-state index contributed by atoms with van der Waals surface area (Å²) in [5, 5.41) is 0. The van der Waals surface area contributed by atoms with Crippen LogP contribution in [-0.4, -0.2) is 30.6 Å². The van der Waals surface area contributed by atoms with Crippen LogP contribution in [0.2, 0.25) is 0 Å². The average Bonchev–Trinajstić information content (AvgIpc) is 2.64. The van der Waals surface area contributed by atoms with E-state index in [-0.39, 0.29) is 0 Å². The Kier molecular flexibility index (Phi) is 5.50. The molecule has 0 bridgehead atoms. The van der Waals surface area contributed by atoms with Crippen molar-refractivity contribution in [3.05, 3.63) is 0 Å². The second-order valence-electron chi connectivity index (χ2n) is 6.82. The van der Waals surface area contributed by atoms with Crippen LogP contribution in [0, 0.1) is 17.8 Å². The van der Waals surface area contributed by atoms with Crippen LogP contribution in [0.1, 0.15) is 58.8 Å². The summed E-state index contributed by atoms with van der Waals surface area (Å²) < 4.78 is 0. The van der Waals surface area contributed by atoms with E-state index in [1.807, 2.05) is 0 Å².